The van der Waals surface area contributed by atoms with Crippen molar-refractivity contribution in [2.24, 2.45) is 0 Å². The van der Waals surface area contributed by atoms with Gasteiger partial charge in [-0.1, -0.05) is 6.07 Å². The molecule has 2 fully saturated rings. The topological polar surface area (TPSA) is 83.0 Å². The summed E-state index contributed by atoms with van der Waals surface area (Å²) in [6.07, 6.45) is 5.21. The van der Waals surface area contributed by atoms with Crippen molar-refractivity contribution in [2.75, 3.05) is 22.9 Å². The Morgan fingerprint density at radius 3 is 2.22 bits per heavy atom. The van der Waals surface area contributed by atoms with Crippen LogP contribution in [0.2, 0.25) is 0 Å². The minimum atomic E-state index is -0.853. The van der Waals surface area contributed by atoms with Crippen LogP contribution in [0.15, 0.2) is 78.5 Å². The highest BCUT2D eigenvalue weighted by Crippen LogP contribution is 2.42. The first-order valence-corrected chi connectivity index (χ1v) is 12.8. The Labute approximate surface area is 217 Å². The fourth-order valence-corrected chi connectivity index (χ4v) is 5.01. The van der Waals surface area contributed by atoms with Crippen LogP contribution in [0.1, 0.15) is 50.4 Å². The number of rotatable bonds is 6. The summed E-state index contributed by atoms with van der Waals surface area (Å²) in [5.74, 6) is -1.02. The average Bonchev–Trinajstić information content (AvgIpc) is 3.19. The SMILES string of the molecule is CC(C)Oc1ccc(/C(O)=C2\C(=O)C(=O)N(c3ccc(N4CCCCC4)cc3)C2c2ccccn2)cc1. The zero-order valence-electron chi connectivity index (χ0n) is 21.1. The first-order valence-electron chi connectivity index (χ1n) is 12.8. The van der Waals surface area contributed by atoms with Crippen LogP contribution in [0.4, 0.5) is 11.4 Å². The molecule has 1 atom stereocenters. The number of carbonyl (C=O) groups is 2. The number of carbonyl (C=O) groups excluding carboxylic acids is 2. The molecular formula is C30H31N3O4. The van der Waals surface area contributed by atoms with Crippen LogP contribution in [-0.2, 0) is 9.59 Å². The molecule has 0 radical (unpaired) electrons. The van der Waals surface area contributed by atoms with E-state index in [0.29, 0.717) is 22.7 Å². The lowest BCUT2D eigenvalue weighted by molar-refractivity contribution is -0.132. The monoisotopic (exact) mass is 497 g/mol. The molecule has 2 aliphatic rings. The van der Waals surface area contributed by atoms with Gasteiger partial charge in [0, 0.05) is 36.2 Å². The molecule has 37 heavy (non-hydrogen) atoms. The van der Waals surface area contributed by atoms with E-state index >= 15 is 0 Å². The van der Waals surface area contributed by atoms with Crippen LogP contribution in [0.25, 0.3) is 5.76 Å². The fraction of sp³-hybridized carbons (Fsp3) is 0.300. The number of piperidine rings is 1. The van der Waals surface area contributed by atoms with E-state index in [-0.39, 0.29) is 17.4 Å². The van der Waals surface area contributed by atoms with E-state index in [9.17, 15) is 14.7 Å². The summed E-state index contributed by atoms with van der Waals surface area (Å²) >= 11 is 0. The third-order valence-corrected chi connectivity index (χ3v) is 6.76. The number of aliphatic hydroxyl groups excluding tert-OH is 1. The number of pyridine rings is 1. The molecule has 1 N–H and O–H groups in total. The molecule has 2 aliphatic heterocycles. The number of ketones is 1. The number of amides is 1. The molecule has 7 nitrogen and oxygen atoms in total. The summed E-state index contributed by atoms with van der Waals surface area (Å²) < 4.78 is 5.69. The van der Waals surface area contributed by atoms with Crippen LogP contribution in [-0.4, -0.2) is 41.0 Å². The van der Waals surface area contributed by atoms with Crippen molar-refractivity contribution in [3.8, 4) is 5.75 Å². The lowest BCUT2D eigenvalue weighted by Gasteiger charge is -2.30. The third-order valence-electron chi connectivity index (χ3n) is 6.76. The van der Waals surface area contributed by atoms with Gasteiger partial charge in [-0.2, -0.15) is 0 Å². The molecule has 0 aliphatic carbocycles. The summed E-state index contributed by atoms with van der Waals surface area (Å²) in [4.78, 5) is 34.9. The molecule has 0 spiro atoms. The number of hydrogen-bond acceptors (Lipinski definition) is 6. The molecule has 3 aromatic rings. The van der Waals surface area contributed by atoms with Gasteiger partial charge in [0.2, 0.25) is 0 Å². The number of Topliss-reactive ketones (excluding diaryl/α,β-unsaturated/α-hetero) is 1. The molecule has 0 saturated carbocycles. The van der Waals surface area contributed by atoms with Crippen LogP contribution < -0.4 is 14.5 Å². The number of hydrogen-bond donors (Lipinski definition) is 1. The Morgan fingerprint density at radius 2 is 1.59 bits per heavy atom. The predicted octanol–water partition coefficient (Wildman–Crippen LogP) is 5.49. The summed E-state index contributed by atoms with van der Waals surface area (Å²) in [6, 6.07) is 19.0. The van der Waals surface area contributed by atoms with Gasteiger partial charge in [0.05, 0.1) is 17.4 Å². The molecule has 2 saturated heterocycles. The average molecular weight is 498 g/mol. The van der Waals surface area contributed by atoms with Gasteiger partial charge in [-0.3, -0.25) is 19.5 Å². The van der Waals surface area contributed by atoms with Gasteiger partial charge in [-0.15, -0.1) is 0 Å². The summed E-state index contributed by atoms with van der Waals surface area (Å²) in [5.41, 5.74) is 2.62. The largest absolute Gasteiger partial charge is 0.507 e. The van der Waals surface area contributed by atoms with E-state index in [4.69, 9.17) is 4.74 Å². The zero-order valence-corrected chi connectivity index (χ0v) is 21.1. The Hall–Kier alpha value is -4.13. The van der Waals surface area contributed by atoms with Crippen molar-refractivity contribution in [1.29, 1.82) is 0 Å². The third kappa shape index (κ3) is 4.94. The maximum atomic E-state index is 13.4. The maximum Gasteiger partial charge on any atom is 0.300 e. The van der Waals surface area contributed by atoms with E-state index in [0.717, 1.165) is 18.8 Å². The highest BCUT2D eigenvalue weighted by atomic mass is 16.5. The first-order chi connectivity index (χ1) is 17.9. The van der Waals surface area contributed by atoms with E-state index in [1.807, 2.05) is 38.1 Å². The summed E-state index contributed by atoms with van der Waals surface area (Å²) in [6.45, 7) is 5.89. The van der Waals surface area contributed by atoms with Crippen molar-refractivity contribution < 1.29 is 19.4 Å². The smallest absolute Gasteiger partial charge is 0.300 e. The van der Waals surface area contributed by atoms with Crippen LogP contribution in [0.5, 0.6) is 5.75 Å². The van der Waals surface area contributed by atoms with Crippen LogP contribution >= 0.6 is 0 Å². The molecule has 3 heterocycles. The molecule has 2 aromatic carbocycles. The van der Waals surface area contributed by atoms with Crippen LogP contribution in [0, 0.1) is 0 Å². The normalized spacial score (nSPS) is 19.5. The minimum Gasteiger partial charge on any atom is -0.507 e. The Balaban J connectivity index is 1.55. The molecule has 0 bridgehead atoms. The van der Waals surface area contributed by atoms with Crippen LogP contribution in [0.3, 0.4) is 0 Å². The first kappa shape index (κ1) is 24.6. The summed E-state index contributed by atoms with van der Waals surface area (Å²) in [5, 5.41) is 11.3. The Morgan fingerprint density at radius 1 is 0.919 bits per heavy atom. The molecular weight excluding hydrogens is 466 g/mol. The van der Waals surface area contributed by atoms with E-state index < -0.39 is 17.7 Å². The van der Waals surface area contributed by atoms with Gasteiger partial charge >= 0.3 is 0 Å². The summed E-state index contributed by atoms with van der Waals surface area (Å²) in [7, 11) is 0. The van der Waals surface area contributed by atoms with E-state index in [1.165, 1.54) is 24.2 Å². The standard InChI is InChI=1S/C30H31N3O4/c1-20(2)37-24-15-9-21(10-16-24)28(34)26-27(25-8-4-5-17-31-25)33(30(36)29(26)35)23-13-11-22(12-14-23)32-18-6-3-7-19-32/h4-5,8-17,20,27,34H,3,6-7,18-19H2,1-2H3/b28-26+. The van der Waals surface area contributed by atoms with Gasteiger partial charge in [0.25, 0.3) is 11.7 Å². The van der Waals surface area contributed by atoms with Crippen molar-refractivity contribution >= 4 is 28.8 Å². The lowest BCUT2D eigenvalue weighted by atomic mass is 9.98. The van der Waals surface area contributed by atoms with Gasteiger partial charge in [-0.05, 0) is 93.8 Å². The molecule has 7 heteroatoms. The second kappa shape index (κ2) is 10.5. The van der Waals surface area contributed by atoms with Gasteiger partial charge < -0.3 is 14.7 Å². The number of aliphatic hydroxyl groups is 1. The zero-order chi connectivity index (χ0) is 25.9. The number of benzene rings is 2. The molecule has 1 aromatic heterocycles. The molecule has 5 rings (SSSR count). The Bertz CT molecular complexity index is 1290. The molecule has 190 valence electrons. The van der Waals surface area contributed by atoms with Crippen molar-refractivity contribution in [3.63, 3.8) is 0 Å². The minimum absolute atomic E-state index is 0.00947. The molecule has 1 amide bonds. The quantitative estimate of drug-likeness (QED) is 0.276. The predicted molar refractivity (Wildman–Crippen MR) is 144 cm³/mol. The maximum absolute atomic E-state index is 13.4. The second-order valence-corrected chi connectivity index (χ2v) is 9.68. The lowest BCUT2D eigenvalue weighted by Crippen LogP contribution is -2.31. The fourth-order valence-electron chi connectivity index (χ4n) is 5.01. The van der Waals surface area contributed by atoms with Gasteiger partial charge in [0.1, 0.15) is 17.6 Å². The van der Waals surface area contributed by atoms with Crippen molar-refractivity contribution in [3.05, 3.63) is 89.8 Å². The van der Waals surface area contributed by atoms with Gasteiger partial charge in [-0.25, -0.2) is 0 Å². The number of aromatic nitrogens is 1. The van der Waals surface area contributed by atoms with E-state index in [1.54, 1.807) is 48.7 Å². The number of ether oxygens (including phenoxy) is 1. The molecule has 1 unspecified atom stereocenters. The van der Waals surface area contributed by atoms with Crippen molar-refractivity contribution in [1.82, 2.24) is 4.98 Å². The second-order valence-electron chi connectivity index (χ2n) is 9.68. The number of anilines is 2. The van der Waals surface area contributed by atoms with Gasteiger partial charge in [0.15, 0.2) is 0 Å². The number of nitrogens with zero attached hydrogens (tertiary/aromatic N) is 3. The van der Waals surface area contributed by atoms with Crippen molar-refractivity contribution in [2.45, 2.75) is 45.3 Å². The Kier molecular flexibility index (Phi) is 6.95. The highest BCUT2D eigenvalue weighted by Gasteiger charge is 2.47. The van der Waals surface area contributed by atoms with E-state index in [2.05, 4.69) is 9.88 Å². The highest BCUT2D eigenvalue weighted by molar-refractivity contribution is 6.51.